The van der Waals surface area contributed by atoms with Crippen molar-refractivity contribution in [2.24, 2.45) is 0 Å². The molecule has 1 aliphatic heterocycles. The largest absolute Gasteiger partial charge is 0.368 e. The highest BCUT2D eigenvalue weighted by molar-refractivity contribution is 5.99. The van der Waals surface area contributed by atoms with Crippen molar-refractivity contribution in [3.63, 3.8) is 0 Å². The van der Waals surface area contributed by atoms with Crippen LogP contribution in [0.15, 0.2) is 42.7 Å². The van der Waals surface area contributed by atoms with Gasteiger partial charge >= 0.3 is 0 Å². The predicted molar refractivity (Wildman–Crippen MR) is 91.0 cm³/mol. The van der Waals surface area contributed by atoms with E-state index in [0.29, 0.717) is 18.7 Å². The Morgan fingerprint density at radius 3 is 2.92 bits per heavy atom. The highest BCUT2D eigenvalue weighted by atomic mass is 16.6. The van der Waals surface area contributed by atoms with Gasteiger partial charge in [-0.1, -0.05) is 0 Å². The molecule has 1 aromatic heterocycles. The monoisotopic (exact) mass is 337 g/mol. The van der Waals surface area contributed by atoms with Crippen LogP contribution >= 0.6 is 0 Å². The lowest BCUT2D eigenvalue weighted by Gasteiger charge is -2.32. The second-order valence-corrected chi connectivity index (χ2v) is 5.64. The molecular formula is C17H15N5O3. The molecule has 8 nitrogen and oxygen atoms in total. The minimum absolute atomic E-state index is 0.155. The van der Waals surface area contributed by atoms with Crippen LogP contribution in [0.25, 0.3) is 0 Å². The molecule has 25 heavy (non-hydrogen) atoms. The van der Waals surface area contributed by atoms with Gasteiger partial charge in [-0.15, -0.1) is 0 Å². The molecule has 0 unspecified atom stereocenters. The Morgan fingerprint density at radius 2 is 2.24 bits per heavy atom. The van der Waals surface area contributed by atoms with Gasteiger partial charge in [-0.05, 0) is 37.1 Å². The molecule has 0 radical (unpaired) electrons. The van der Waals surface area contributed by atoms with E-state index in [4.69, 9.17) is 5.26 Å². The van der Waals surface area contributed by atoms with Crippen LogP contribution in [0.2, 0.25) is 0 Å². The number of amides is 1. The number of benzene rings is 1. The molecule has 2 heterocycles. The van der Waals surface area contributed by atoms with Gasteiger partial charge in [0.2, 0.25) is 5.91 Å². The van der Waals surface area contributed by atoms with E-state index >= 15 is 0 Å². The van der Waals surface area contributed by atoms with Crippen molar-refractivity contribution in [1.82, 2.24) is 4.98 Å². The summed E-state index contributed by atoms with van der Waals surface area (Å²) < 4.78 is 0. The van der Waals surface area contributed by atoms with E-state index in [9.17, 15) is 14.9 Å². The van der Waals surface area contributed by atoms with Crippen LogP contribution in [-0.2, 0) is 4.79 Å². The highest BCUT2D eigenvalue weighted by Crippen LogP contribution is 2.29. The van der Waals surface area contributed by atoms with Crippen LogP contribution in [0.4, 0.5) is 17.1 Å². The van der Waals surface area contributed by atoms with E-state index in [1.165, 1.54) is 18.2 Å². The van der Waals surface area contributed by atoms with Gasteiger partial charge in [0.1, 0.15) is 11.7 Å². The Hall–Kier alpha value is -3.47. The summed E-state index contributed by atoms with van der Waals surface area (Å²) in [5, 5.41) is 23.1. The summed E-state index contributed by atoms with van der Waals surface area (Å²) in [5.41, 5.74) is 0.915. The number of hydrogen-bond acceptors (Lipinski definition) is 6. The summed E-state index contributed by atoms with van der Waals surface area (Å²) >= 11 is 0. The Bertz CT molecular complexity index is 847. The number of nitriles is 1. The number of anilines is 2. The number of piperidine rings is 1. The summed E-state index contributed by atoms with van der Waals surface area (Å²) in [6.45, 7) is 0.582. The quantitative estimate of drug-likeness (QED) is 0.677. The molecule has 0 saturated carbocycles. The van der Waals surface area contributed by atoms with Crippen LogP contribution in [-0.4, -0.2) is 28.4 Å². The van der Waals surface area contributed by atoms with Crippen LogP contribution < -0.4 is 10.2 Å². The highest BCUT2D eigenvalue weighted by Gasteiger charge is 2.31. The summed E-state index contributed by atoms with van der Waals surface area (Å²) in [5.74, 6) is -0.155. The van der Waals surface area contributed by atoms with Gasteiger partial charge in [-0.2, -0.15) is 5.26 Å². The molecule has 1 atom stereocenters. The summed E-state index contributed by atoms with van der Waals surface area (Å²) in [6, 6.07) is 9.02. The average molecular weight is 337 g/mol. The molecule has 0 aliphatic carbocycles. The number of hydrogen-bond donors (Lipinski definition) is 1. The van der Waals surface area contributed by atoms with Crippen LogP contribution in [0.5, 0.6) is 0 Å². The van der Waals surface area contributed by atoms with Crippen LogP contribution in [0, 0.1) is 21.4 Å². The van der Waals surface area contributed by atoms with Crippen molar-refractivity contribution in [3.05, 3.63) is 58.4 Å². The summed E-state index contributed by atoms with van der Waals surface area (Å²) in [7, 11) is 0. The zero-order valence-electron chi connectivity index (χ0n) is 13.3. The Labute approximate surface area is 143 Å². The predicted octanol–water partition coefficient (Wildman–Crippen LogP) is 2.47. The van der Waals surface area contributed by atoms with Crippen LogP contribution in [0.3, 0.4) is 0 Å². The first-order valence-electron chi connectivity index (χ1n) is 7.76. The average Bonchev–Trinajstić information content (AvgIpc) is 2.64. The molecule has 1 aromatic carbocycles. The third-order valence-corrected chi connectivity index (χ3v) is 4.05. The Morgan fingerprint density at radius 1 is 1.40 bits per heavy atom. The summed E-state index contributed by atoms with van der Waals surface area (Å²) in [4.78, 5) is 29.1. The van der Waals surface area contributed by atoms with Gasteiger partial charge in [0, 0.05) is 18.8 Å². The van der Waals surface area contributed by atoms with Gasteiger partial charge in [0.25, 0.3) is 5.69 Å². The smallest absolute Gasteiger partial charge is 0.293 e. The first kappa shape index (κ1) is 16.4. The van der Waals surface area contributed by atoms with Crippen molar-refractivity contribution >= 4 is 23.0 Å². The van der Waals surface area contributed by atoms with Crippen molar-refractivity contribution in [1.29, 1.82) is 5.26 Å². The number of pyridine rings is 1. The lowest BCUT2D eigenvalue weighted by Crippen LogP contribution is -2.47. The number of aromatic nitrogens is 1. The number of rotatable bonds is 4. The third-order valence-electron chi connectivity index (χ3n) is 4.05. The van der Waals surface area contributed by atoms with Gasteiger partial charge in [0.15, 0.2) is 0 Å². The maximum atomic E-state index is 12.7. The number of nitrogens with one attached hydrogen (secondary N) is 1. The zero-order valence-corrected chi connectivity index (χ0v) is 13.3. The zero-order chi connectivity index (χ0) is 17.8. The van der Waals surface area contributed by atoms with Crippen molar-refractivity contribution in [2.45, 2.75) is 18.9 Å². The number of nitro groups is 1. The van der Waals surface area contributed by atoms with Crippen molar-refractivity contribution in [3.8, 4) is 6.07 Å². The molecule has 1 fully saturated rings. The molecule has 8 heteroatoms. The SMILES string of the molecule is N#Cc1ccc(N[C@@H]2CCCN(c3cccnc3)C2=O)c([N+](=O)[O-])c1. The molecule has 0 bridgehead atoms. The number of nitrogens with zero attached hydrogens (tertiary/aromatic N) is 4. The van der Waals surface area contributed by atoms with E-state index < -0.39 is 11.0 Å². The third kappa shape index (κ3) is 3.40. The minimum Gasteiger partial charge on any atom is -0.368 e. The van der Waals surface area contributed by atoms with Gasteiger partial charge in [-0.25, -0.2) is 0 Å². The maximum Gasteiger partial charge on any atom is 0.293 e. The van der Waals surface area contributed by atoms with E-state index in [1.54, 1.807) is 29.4 Å². The fraction of sp³-hybridized carbons (Fsp3) is 0.235. The molecule has 2 aromatic rings. The molecule has 3 rings (SSSR count). The molecule has 1 N–H and O–H groups in total. The van der Waals surface area contributed by atoms with E-state index in [-0.39, 0.29) is 22.8 Å². The molecular weight excluding hydrogens is 322 g/mol. The van der Waals surface area contributed by atoms with Gasteiger partial charge in [0.05, 0.1) is 28.4 Å². The normalized spacial score (nSPS) is 17.0. The van der Waals surface area contributed by atoms with Gasteiger partial charge in [-0.3, -0.25) is 19.9 Å². The van der Waals surface area contributed by atoms with Gasteiger partial charge < -0.3 is 10.2 Å². The summed E-state index contributed by atoms with van der Waals surface area (Å²) in [6.07, 6.45) is 4.59. The van der Waals surface area contributed by atoms with E-state index in [0.717, 1.165) is 6.42 Å². The van der Waals surface area contributed by atoms with Crippen molar-refractivity contribution in [2.75, 3.05) is 16.8 Å². The number of carbonyl (C=O) groups excluding carboxylic acids is 1. The van der Waals surface area contributed by atoms with Crippen LogP contribution in [0.1, 0.15) is 18.4 Å². The first-order valence-corrected chi connectivity index (χ1v) is 7.76. The lowest BCUT2D eigenvalue weighted by molar-refractivity contribution is -0.384. The minimum atomic E-state index is -0.569. The fourth-order valence-electron chi connectivity index (χ4n) is 2.84. The van der Waals surface area contributed by atoms with E-state index in [1.807, 2.05) is 6.07 Å². The van der Waals surface area contributed by atoms with E-state index in [2.05, 4.69) is 10.3 Å². The standard InChI is InChI=1S/C17H15N5O3/c18-10-12-5-6-14(16(9-12)22(24)25)20-15-4-2-8-21(17(15)23)13-3-1-7-19-11-13/h1,3,5-7,9,11,15,20H,2,4,8H2/t15-/m1/s1. The first-order chi connectivity index (χ1) is 12.1. The Kier molecular flexibility index (Phi) is 4.57. The molecule has 0 spiro atoms. The second kappa shape index (κ2) is 6.97. The fourth-order valence-corrected chi connectivity index (χ4v) is 2.84. The van der Waals surface area contributed by atoms with Crippen molar-refractivity contribution < 1.29 is 9.72 Å². The molecule has 1 amide bonds. The molecule has 1 aliphatic rings. The lowest BCUT2D eigenvalue weighted by atomic mass is 10.0. The number of carbonyl (C=O) groups is 1. The second-order valence-electron chi connectivity index (χ2n) is 5.64. The Balaban J connectivity index is 1.85. The maximum absolute atomic E-state index is 12.7. The molecule has 126 valence electrons. The molecule has 1 saturated heterocycles. The topological polar surface area (TPSA) is 112 Å². The number of nitro benzene ring substituents is 1.